The highest BCUT2D eigenvalue weighted by Gasteiger charge is 2.19. The maximum Gasteiger partial charge on any atom is 0.319 e. The Labute approximate surface area is 145 Å². The predicted octanol–water partition coefficient (Wildman–Crippen LogP) is 2.86. The van der Waals surface area contributed by atoms with E-state index in [2.05, 4.69) is 20.9 Å². The van der Waals surface area contributed by atoms with Gasteiger partial charge in [0.15, 0.2) is 0 Å². The molecule has 2 aromatic rings. The number of aromatic nitrogens is 1. The Kier molecular flexibility index (Phi) is 4.83. The number of carbonyl (C=O) groups is 2. The highest BCUT2D eigenvalue weighted by Crippen LogP contribution is 2.26. The van der Waals surface area contributed by atoms with Gasteiger partial charge in [-0.25, -0.2) is 9.78 Å². The summed E-state index contributed by atoms with van der Waals surface area (Å²) in [6.45, 7) is 4.21. The number of hydrogen-bond donors (Lipinski definition) is 3. The van der Waals surface area contributed by atoms with Gasteiger partial charge in [0.25, 0.3) is 0 Å². The minimum absolute atomic E-state index is 0.00876. The van der Waals surface area contributed by atoms with E-state index in [-0.39, 0.29) is 18.0 Å². The smallest absolute Gasteiger partial charge is 0.319 e. The van der Waals surface area contributed by atoms with E-state index in [9.17, 15) is 9.59 Å². The standard InChI is InChI=1S/C18H20N4O3/c1-3-25-17-15(5-4-8-19-17)22-18(24)20-11(2)12-6-7-14-13(9-12)10-16(23)21-14/h4-9,11H,3,10H2,1-2H3,(H,21,23)(H2,20,22,24)/t11-/m1/s1. The highest BCUT2D eigenvalue weighted by atomic mass is 16.5. The van der Waals surface area contributed by atoms with E-state index in [4.69, 9.17) is 4.74 Å². The van der Waals surface area contributed by atoms with E-state index in [0.29, 0.717) is 24.6 Å². The summed E-state index contributed by atoms with van der Waals surface area (Å²) in [5.41, 5.74) is 3.23. The third-order valence-electron chi connectivity index (χ3n) is 3.90. The third kappa shape index (κ3) is 3.88. The predicted molar refractivity (Wildman–Crippen MR) is 94.8 cm³/mol. The molecule has 0 fully saturated rings. The quantitative estimate of drug-likeness (QED) is 0.780. The zero-order chi connectivity index (χ0) is 17.8. The molecule has 25 heavy (non-hydrogen) atoms. The maximum atomic E-state index is 12.3. The summed E-state index contributed by atoms with van der Waals surface area (Å²) in [5.74, 6) is 0.375. The van der Waals surface area contributed by atoms with Crippen LogP contribution in [0.1, 0.15) is 31.0 Å². The maximum absolute atomic E-state index is 12.3. The Morgan fingerprint density at radius 3 is 3.04 bits per heavy atom. The normalized spacial score (nSPS) is 13.6. The van der Waals surface area contributed by atoms with Crippen LogP contribution >= 0.6 is 0 Å². The number of benzene rings is 1. The summed E-state index contributed by atoms with van der Waals surface area (Å²) < 4.78 is 5.40. The van der Waals surface area contributed by atoms with Crippen molar-refractivity contribution in [2.75, 3.05) is 17.2 Å². The molecule has 130 valence electrons. The SMILES string of the molecule is CCOc1ncccc1NC(=O)N[C@H](C)c1ccc2c(c1)CC(=O)N2. The second-order valence-electron chi connectivity index (χ2n) is 5.75. The summed E-state index contributed by atoms with van der Waals surface area (Å²) in [5, 5.41) is 8.42. The monoisotopic (exact) mass is 340 g/mol. The van der Waals surface area contributed by atoms with Crippen LogP contribution in [-0.4, -0.2) is 23.5 Å². The minimum Gasteiger partial charge on any atom is -0.476 e. The molecule has 3 amide bonds. The van der Waals surface area contributed by atoms with Gasteiger partial charge in [0.05, 0.1) is 19.1 Å². The molecular weight excluding hydrogens is 320 g/mol. The Balaban J connectivity index is 1.65. The van der Waals surface area contributed by atoms with Crippen molar-refractivity contribution in [3.8, 4) is 5.88 Å². The molecule has 7 heteroatoms. The molecule has 1 atom stereocenters. The fraction of sp³-hybridized carbons (Fsp3) is 0.278. The van der Waals surface area contributed by atoms with Gasteiger partial charge in [-0.2, -0.15) is 0 Å². The van der Waals surface area contributed by atoms with Crippen molar-refractivity contribution < 1.29 is 14.3 Å². The lowest BCUT2D eigenvalue weighted by atomic mass is 10.0. The first-order valence-electron chi connectivity index (χ1n) is 8.15. The lowest BCUT2D eigenvalue weighted by molar-refractivity contribution is -0.115. The van der Waals surface area contributed by atoms with Gasteiger partial charge in [0.2, 0.25) is 11.8 Å². The average Bonchev–Trinajstić information content (AvgIpc) is 2.95. The van der Waals surface area contributed by atoms with E-state index in [0.717, 1.165) is 16.8 Å². The fourth-order valence-corrected chi connectivity index (χ4v) is 2.69. The number of pyridine rings is 1. The Bertz CT molecular complexity index is 807. The van der Waals surface area contributed by atoms with Crippen molar-refractivity contribution in [3.63, 3.8) is 0 Å². The second-order valence-corrected chi connectivity index (χ2v) is 5.75. The first kappa shape index (κ1) is 16.8. The topological polar surface area (TPSA) is 92.3 Å². The lowest BCUT2D eigenvalue weighted by Gasteiger charge is -2.17. The van der Waals surface area contributed by atoms with Crippen molar-refractivity contribution in [1.29, 1.82) is 0 Å². The molecule has 1 aromatic heterocycles. The largest absolute Gasteiger partial charge is 0.476 e. The van der Waals surface area contributed by atoms with Crippen molar-refractivity contribution >= 4 is 23.3 Å². The summed E-state index contributed by atoms with van der Waals surface area (Å²) >= 11 is 0. The minimum atomic E-state index is -0.351. The van der Waals surface area contributed by atoms with Gasteiger partial charge in [-0.1, -0.05) is 12.1 Å². The van der Waals surface area contributed by atoms with E-state index < -0.39 is 0 Å². The summed E-state index contributed by atoms with van der Waals surface area (Å²) in [6, 6.07) is 8.59. The van der Waals surface area contributed by atoms with Gasteiger partial charge in [0.1, 0.15) is 5.69 Å². The van der Waals surface area contributed by atoms with Crippen LogP contribution in [0.15, 0.2) is 36.5 Å². The van der Waals surface area contributed by atoms with Crippen LogP contribution in [-0.2, 0) is 11.2 Å². The fourth-order valence-electron chi connectivity index (χ4n) is 2.69. The molecule has 0 unspecified atom stereocenters. The molecule has 1 aliphatic heterocycles. The van der Waals surface area contributed by atoms with Crippen molar-refractivity contribution in [2.45, 2.75) is 26.3 Å². The van der Waals surface area contributed by atoms with Gasteiger partial charge in [-0.05, 0) is 43.2 Å². The van der Waals surface area contributed by atoms with E-state index in [1.165, 1.54) is 0 Å². The van der Waals surface area contributed by atoms with Gasteiger partial charge < -0.3 is 20.7 Å². The number of urea groups is 1. The molecule has 1 aromatic carbocycles. The number of hydrogen-bond acceptors (Lipinski definition) is 4. The molecule has 0 aliphatic carbocycles. The number of anilines is 2. The number of fused-ring (bicyclic) bond motifs is 1. The molecule has 0 saturated carbocycles. The van der Waals surface area contributed by atoms with Gasteiger partial charge in [0, 0.05) is 11.9 Å². The molecule has 0 spiro atoms. The zero-order valence-corrected chi connectivity index (χ0v) is 14.1. The number of carbonyl (C=O) groups excluding carboxylic acids is 2. The van der Waals surface area contributed by atoms with E-state index in [1.54, 1.807) is 18.3 Å². The van der Waals surface area contributed by atoms with Crippen LogP contribution in [0.4, 0.5) is 16.2 Å². The average molecular weight is 340 g/mol. The third-order valence-corrected chi connectivity index (χ3v) is 3.90. The molecule has 0 bridgehead atoms. The molecule has 0 radical (unpaired) electrons. The number of amides is 3. The van der Waals surface area contributed by atoms with Crippen molar-refractivity contribution in [1.82, 2.24) is 10.3 Å². The molecule has 3 rings (SSSR count). The molecule has 0 saturated heterocycles. The van der Waals surface area contributed by atoms with Gasteiger partial charge in [-0.15, -0.1) is 0 Å². The Morgan fingerprint density at radius 2 is 2.24 bits per heavy atom. The first-order valence-corrected chi connectivity index (χ1v) is 8.15. The zero-order valence-electron chi connectivity index (χ0n) is 14.1. The molecular formula is C18H20N4O3. The van der Waals surface area contributed by atoms with Crippen molar-refractivity contribution in [3.05, 3.63) is 47.7 Å². The highest BCUT2D eigenvalue weighted by molar-refractivity contribution is 5.99. The molecule has 3 N–H and O–H groups in total. The summed E-state index contributed by atoms with van der Waals surface area (Å²) in [6.07, 6.45) is 1.98. The summed E-state index contributed by atoms with van der Waals surface area (Å²) in [7, 11) is 0. The lowest BCUT2D eigenvalue weighted by Crippen LogP contribution is -2.31. The first-order chi connectivity index (χ1) is 12.1. The van der Waals surface area contributed by atoms with Crippen LogP contribution in [0.5, 0.6) is 5.88 Å². The van der Waals surface area contributed by atoms with Crippen LogP contribution in [0.2, 0.25) is 0 Å². The van der Waals surface area contributed by atoms with Crippen LogP contribution in [0.3, 0.4) is 0 Å². The van der Waals surface area contributed by atoms with Gasteiger partial charge in [-0.3, -0.25) is 4.79 Å². The Hall–Kier alpha value is -3.09. The van der Waals surface area contributed by atoms with Crippen molar-refractivity contribution in [2.24, 2.45) is 0 Å². The molecule has 2 heterocycles. The number of nitrogens with zero attached hydrogens (tertiary/aromatic N) is 1. The Morgan fingerprint density at radius 1 is 1.40 bits per heavy atom. The molecule has 1 aliphatic rings. The molecule has 7 nitrogen and oxygen atoms in total. The van der Waals surface area contributed by atoms with Crippen LogP contribution < -0.4 is 20.7 Å². The summed E-state index contributed by atoms with van der Waals surface area (Å²) in [4.78, 5) is 27.8. The van der Waals surface area contributed by atoms with Crippen LogP contribution in [0.25, 0.3) is 0 Å². The van der Waals surface area contributed by atoms with Crippen LogP contribution in [0, 0.1) is 0 Å². The number of ether oxygens (including phenoxy) is 1. The van der Waals surface area contributed by atoms with Gasteiger partial charge >= 0.3 is 6.03 Å². The van der Waals surface area contributed by atoms with E-state index in [1.807, 2.05) is 32.0 Å². The number of rotatable bonds is 5. The number of nitrogens with one attached hydrogen (secondary N) is 3. The van der Waals surface area contributed by atoms with E-state index >= 15 is 0 Å². The second kappa shape index (κ2) is 7.21.